The van der Waals surface area contributed by atoms with Crippen molar-refractivity contribution in [2.75, 3.05) is 18.4 Å². The van der Waals surface area contributed by atoms with E-state index < -0.39 is 10.0 Å². The van der Waals surface area contributed by atoms with Crippen molar-refractivity contribution in [1.29, 1.82) is 0 Å². The average Bonchev–Trinajstić information content (AvgIpc) is 3.05. The maximum absolute atomic E-state index is 12.7. The third kappa shape index (κ3) is 3.81. The van der Waals surface area contributed by atoms with Crippen LogP contribution in [-0.4, -0.2) is 41.3 Å². The van der Waals surface area contributed by atoms with Crippen LogP contribution in [0.2, 0.25) is 0 Å². The molecule has 26 heavy (non-hydrogen) atoms. The highest BCUT2D eigenvalue weighted by Crippen LogP contribution is 2.25. The predicted octanol–water partition coefficient (Wildman–Crippen LogP) is 2.08. The van der Waals surface area contributed by atoms with Crippen LogP contribution in [0.25, 0.3) is 0 Å². The minimum Gasteiger partial charge on any atom is -0.339 e. The van der Waals surface area contributed by atoms with Gasteiger partial charge in [0.2, 0.25) is 5.91 Å². The van der Waals surface area contributed by atoms with E-state index >= 15 is 0 Å². The fourth-order valence-corrected chi connectivity index (χ4v) is 4.71. The van der Waals surface area contributed by atoms with Gasteiger partial charge in [0, 0.05) is 32.0 Å². The first-order valence-corrected chi connectivity index (χ1v) is 10.1. The Hall–Kier alpha value is -2.19. The number of carbonyl (C=O) groups is 1. The smallest absolute Gasteiger partial charge is 0.262 e. The van der Waals surface area contributed by atoms with Gasteiger partial charge in [-0.1, -0.05) is 17.7 Å². The van der Waals surface area contributed by atoms with Gasteiger partial charge in [-0.2, -0.15) is 4.31 Å². The van der Waals surface area contributed by atoms with E-state index in [4.69, 9.17) is 0 Å². The number of imidazole rings is 1. The molecule has 7 nitrogen and oxygen atoms in total. The molecule has 0 spiro atoms. The molecule has 2 heterocycles. The number of hydrogen-bond acceptors (Lipinski definition) is 4. The van der Waals surface area contributed by atoms with Crippen LogP contribution in [0.5, 0.6) is 0 Å². The number of amides is 1. The zero-order chi connectivity index (χ0) is 18.9. The number of sulfonamides is 1. The summed E-state index contributed by atoms with van der Waals surface area (Å²) in [6.07, 6.45) is 4.26. The van der Waals surface area contributed by atoms with Crippen LogP contribution in [0.1, 0.15) is 24.0 Å². The number of anilines is 1. The number of nitrogens with one attached hydrogen (secondary N) is 1. The molecule has 0 aliphatic carbocycles. The van der Waals surface area contributed by atoms with Gasteiger partial charge in [0.05, 0.1) is 12.2 Å². The summed E-state index contributed by atoms with van der Waals surface area (Å²) >= 11 is 0. The molecule has 8 heteroatoms. The first-order chi connectivity index (χ1) is 12.3. The number of rotatable bonds is 4. The van der Waals surface area contributed by atoms with Crippen LogP contribution in [0.15, 0.2) is 35.7 Å². The van der Waals surface area contributed by atoms with Crippen LogP contribution < -0.4 is 5.32 Å². The highest BCUT2D eigenvalue weighted by molar-refractivity contribution is 7.89. The molecule has 1 saturated heterocycles. The lowest BCUT2D eigenvalue weighted by molar-refractivity contribution is -0.120. The van der Waals surface area contributed by atoms with Gasteiger partial charge in [-0.05, 0) is 38.3 Å². The van der Waals surface area contributed by atoms with Gasteiger partial charge in [0.15, 0.2) is 5.03 Å². The molecule has 1 fully saturated rings. The molecule has 0 saturated carbocycles. The minimum absolute atomic E-state index is 0.0236. The minimum atomic E-state index is -3.67. The summed E-state index contributed by atoms with van der Waals surface area (Å²) in [4.78, 5) is 16.6. The fraction of sp³-hybridized carbons (Fsp3) is 0.444. The number of nitrogens with zero attached hydrogens (tertiary/aromatic N) is 3. The van der Waals surface area contributed by atoms with Crippen LogP contribution in [0.3, 0.4) is 0 Å². The Labute approximate surface area is 154 Å². The monoisotopic (exact) mass is 376 g/mol. The third-order valence-corrected chi connectivity index (χ3v) is 6.43. The molecule has 2 aromatic rings. The van der Waals surface area contributed by atoms with E-state index in [0.717, 1.165) is 16.8 Å². The standard InChI is InChI=1S/C18H24N4O3S/c1-13-6-7-16(14(2)9-13)20-18(23)15-5-4-8-22(10-15)26(24,25)17-11-21(3)12-19-17/h6-7,9,11-12,15H,4-5,8,10H2,1-3H3,(H,20,23). The van der Waals surface area contributed by atoms with E-state index in [2.05, 4.69) is 10.3 Å². The quantitative estimate of drug-likeness (QED) is 0.885. The second-order valence-corrected chi connectivity index (χ2v) is 8.77. The van der Waals surface area contributed by atoms with Crippen molar-refractivity contribution >= 4 is 21.6 Å². The van der Waals surface area contributed by atoms with E-state index in [-0.39, 0.29) is 23.4 Å². The summed E-state index contributed by atoms with van der Waals surface area (Å²) in [5.74, 6) is -0.513. The zero-order valence-corrected chi connectivity index (χ0v) is 16.1. The summed E-state index contributed by atoms with van der Waals surface area (Å²) in [5, 5.41) is 2.97. The van der Waals surface area contributed by atoms with Gasteiger partial charge < -0.3 is 9.88 Å². The number of aryl methyl sites for hydroxylation is 3. The molecule has 1 atom stereocenters. The molecule has 0 bridgehead atoms. The lowest BCUT2D eigenvalue weighted by Crippen LogP contribution is -2.43. The molecule has 1 amide bonds. The van der Waals surface area contributed by atoms with Crippen molar-refractivity contribution < 1.29 is 13.2 Å². The van der Waals surface area contributed by atoms with Gasteiger partial charge in [0.25, 0.3) is 10.0 Å². The largest absolute Gasteiger partial charge is 0.339 e. The van der Waals surface area contributed by atoms with Crippen molar-refractivity contribution in [1.82, 2.24) is 13.9 Å². The summed E-state index contributed by atoms with van der Waals surface area (Å²) in [7, 11) is -1.95. The molecular weight excluding hydrogens is 352 g/mol. The Kier molecular flexibility index (Phi) is 5.15. The van der Waals surface area contributed by atoms with Crippen LogP contribution in [0.4, 0.5) is 5.69 Å². The second-order valence-electron chi connectivity index (χ2n) is 6.89. The maximum atomic E-state index is 12.7. The molecule has 1 aliphatic rings. The van der Waals surface area contributed by atoms with Gasteiger partial charge >= 0.3 is 0 Å². The Balaban J connectivity index is 1.72. The van der Waals surface area contributed by atoms with E-state index in [1.165, 1.54) is 16.8 Å². The summed E-state index contributed by atoms with van der Waals surface area (Å²) < 4.78 is 28.4. The van der Waals surface area contributed by atoms with Gasteiger partial charge in [0.1, 0.15) is 0 Å². The van der Waals surface area contributed by atoms with Crippen LogP contribution >= 0.6 is 0 Å². The number of piperidine rings is 1. The zero-order valence-electron chi connectivity index (χ0n) is 15.3. The van der Waals surface area contributed by atoms with Crippen LogP contribution in [0, 0.1) is 19.8 Å². The Morgan fingerprint density at radius 2 is 2.08 bits per heavy atom. The Morgan fingerprint density at radius 3 is 2.73 bits per heavy atom. The second kappa shape index (κ2) is 7.20. The molecule has 1 N–H and O–H groups in total. The van der Waals surface area contributed by atoms with Crippen molar-refractivity contribution in [3.8, 4) is 0 Å². The van der Waals surface area contributed by atoms with E-state index in [9.17, 15) is 13.2 Å². The lowest BCUT2D eigenvalue weighted by Gasteiger charge is -2.30. The van der Waals surface area contributed by atoms with E-state index in [1.807, 2.05) is 32.0 Å². The first-order valence-electron chi connectivity index (χ1n) is 8.63. The highest BCUT2D eigenvalue weighted by atomic mass is 32.2. The van der Waals surface area contributed by atoms with Crippen molar-refractivity contribution in [2.24, 2.45) is 13.0 Å². The number of benzene rings is 1. The number of aromatic nitrogens is 2. The highest BCUT2D eigenvalue weighted by Gasteiger charge is 2.34. The normalized spacial score (nSPS) is 18.7. The third-order valence-electron chi connectivity index (χ3n) is 4.68. The molecule has 1 aromatic carbocycles. The van der Waals surface area contributed by atoms with Crippen LogP contribution in [-0.2, 0) is 21.9 Å². The molecule has 0 radical (unpaired) electrons. The van der Waals surface area contributed by atoms with Crippen molar-refractivity contribution in [2.45, 2.75) is 31.7 Å². The van der Waals surface area contributed by atoms with Gasteiger partial charge in [-0.15, -0.1) is 0 Å². The van der Waals surface area contributed by atoms with Gasteiger partial charge in [-0.25, -0.2) is 13.4 Å². The molecule has 140 valence electrons. The first kappa shape index (κ1) is 18.6. The number of hydrogen-bond donors (Lipinski definition) is 1. The fourth-order valence-electron chi connectivity index (χ4n) is 3.22. The Bertz CT molecular complexity index is 920. The molecular formula is C18H24N4O3S. The van der Waals surface area contributed by atoms with Crippen molar-refractivity contribution in [3.63, 3.8) is 0 Å². The average molecular weight is 376 g/mol. The molecule has 1 aromatic heterocycles. The summed E-state index contributed by atoms with van der Waals surface area (Å²) in [6.45, 7) is 4.53. The molecule has 1 aliphatic heterocycles. The molecule has 1 unspecified atom stereocenters. The van der Waals surface area contributed by atoms with Gasteiger partial charge in [-0.3, -0.25) is 4.79 Å². The van der Waals surface area contributed by atoms with Crippen molar-refractivity contribution in [3.05, 3.63) is 41.9 Å². The maximum Gasteiger partial charge on any atom is 0.262 e. The van der Waals surface area contributed by atoms with E-state index in [1.54, 1.807) is 11.6 Å². The number of carbonyl (C=O) groups excluding carboxylic acids is 1. The van der Waals surface area contributed by atoms with E-state index in [0.29, 0.717) is 19.4 Å². The summed E-state index contributed by atoms with van der Waals surface area (Å²) in [6, 6.07) is 5.84. The lowest BCUT2D eigenvalue weighted by atomic mass is 9.98. The summed E-state index contributed by atoms with van der Waals surface area (Å²) in [5.41, 5.74) is 2.89. The molecule has 3 rings (SSSR count). The topological polar surface area (TPSA) is 84.3 Å². The predicted molar refractivity (Wildman–Crippen MR) is 99.2 cm³/mol. The SMILES string of the molecule is Cc1ccc(NC(=O)C2CCCN(S(=O)(=O)c3cn(C)cn3)C2)c(C)c1. The Morgan fingerprint density at radius 1 is 1.31 bits per heavy atom.